The summed E-state index contributed by atoms with van der Waals surface area (Å²) in [4.78, 5) is 14.8. The van der Waals surface area contributed by atoms with Crippen LogP contribution in [0.25, 0.3) is 10.8 Å². The van der Waals surface area contributed by atoms with Gasteiger partial charge in [0.15, 0.2) is 0 Å². The first kappa shape index (κ1) is 14.2. The molecule has 1 aromatic carbocycles. The standard InChI is InChI=1S/C12H11NO6S/c1-2-19-11-10(12(14)15)9-7(6-13-11)4-3-5-8(9)20(16,17)18/h3-6H,2H2,1H3,(H,14,15)(H,16,17,18). The highest BCUT2D eigenvalue weighted by Crippen LogP contribution is 2.31. The number of carboxylic acids is 1. The second-order valence-corrected chi connectivity index (χ2v) is 5.26. The molecule has 0 aliphatic rings. The van der Waals surface area contributed by atoms with Crippen LogP contribution in [-0.2, 0) is 10.1 Å². The van der Waals surface area contributed by atoms with Crippen molar-refractivity contribution in [2.45, 2.75) is 11.8 Å². The highest BCUT2D eigenvalue weighted by molar-refractivity contribution is 7.86. The summed E-state index contributed by atoms with van der Waals surface area (Å²) in [6.45, 7) is 1.82. The average molecular weight is 297 g/mol. The van der Waals surface area contributed by atoms with Gasteiger partial charge in [0.25, 0.3) is 10.1 Å². The number of aromatic carboxylic acids is 1. The van der Waals surface area contributed by atoms with E-state index < -0.39 is 26.5 Å². The zero-order valence-corrected chi connectivity index (χ0v) is 11.2. The average Bonchev–Trinajstić information content (AvgIpc) is 2.36. The maximum atomic E-state index is 11.4. The Hall–Kier alpha value is -2.19. The van der Waals surface area contributed by atoms with E-state index in [4.69, 9.17) is 4.74 Å². The van der Waals surface area contributed by atoms with Crippen LogP contribution in [0.5, 0.6) is 5.88 Å². The summed E-state index contributed by atoms with van der Waals surface area (Å²) in [6, 6.07) is 4.01. The van der Waals surface area contributed by atoms with Crippen LogP contribution in [0.1, 0.15) is 17.3 Å². The Morgan fingerprint density at radius 2 is 2.10 bits per heavy atom. The highest BCUT2D eigenvalue weighted by Gasteiger charge is 2.24. The van der Waals surface area contributed by atoms with E-state index in [1.807, 2.05) is 0 Å². The lowest BCUT2D eigenvalue weighted by Gasteiger charge is -2.11. The number of carboxylic acid groups (broad SMARTS) is 1. The second-order valence-electron chi connectivity index (χ2n) is 3.87. The number of fused-ring (bicyclic) bond motifs is 1. The van der Waals surface area contributed by atoms with Crippen molar-refractivity contribution >= 4 is 26.9 Å². The van der Waals surface area contributed by atoms with Gasteiger partial charge in [-0.05, 0) is 13.0 Å². The van der Waals surface area contributed by atoms with Crippen LogP contribution < -0.4 is 4.74 Å². The lowest BCUT2D eigenvalue weighted by Crippen LogP contribution is -2.09. The third kappa shape index (κ3) is 2.43. The molecule has 1 heterocycles. The minimum absolute atomic E-state index is 0.124. The molecular weight excluding hydrogens is 286 g/mol. The van der Waals surface area contributed by atoms with Gasteiger partial charge in [-0.15, -0.1) is 0 Å². The number of aromatic nitrogens is 1. The molecule has 0 saturated heterocycles. The molecule has 0 aliphatic heterocycles. The SMILES string of the molecule is CCOc1ncc2cccc(S(=O)(=O)O)c2c1C(=O)O. The van der Waals surface area contributed by atoms with Crippen molar-refractivity contribution in [3.8, 4) is 5.88 Å². The zero-order valence-electron chi connectivity index (χ0n) is 10.4. The van der Waals surface area contributed by atoms with Crippen molar-refractivity contribution in [1.82, 2.24) is 4.98 Å². The third-order valence-corrected chi connectivity index (χ3v) is 3.51. The number of hydrogen-bond acceptors (Lipinski definition) is 5. The van der Waals surface area contributed by atoms with E-state index in [1.54, 1.807) is 6.92 Å². The third-order valence-electron chi connectivity index (χ3n) is 2.62. The fraction of sp³-hybridized carbons (Fsp3) is 0.167. The molecule has 0 saturated carbocycles. The van der Waals surface area contributed by atoms with E-state index in [9.17, 15) is 22.9 Å². The molecule has 106 valence electrons. The Kier molecular flexibility index (Phi) is 3.60. The van der Waals surface area contributed by atoms with Gasteiger partial charge in [0.05, 0.1) is 6.61 Å². The quantitative estimate of drug-likeness (QED) is 0.823. The Labute approximate surface area is 114 Å². The van der Waals surface area contributed by atoms with Crippen molar-refractivity contribution in [3.05, 3.63) is 30.0 Å². The molecular formula is C12H11NO6S. The van der Waals surface area contributed by atoms with E-state index >= 15 is 0 Å². The predicted molar refractivity (Wildman–Crippen MR) is 69.7 cm³/mol. The first-order valence-electron chi connectivity index (χ1n) is 5.61. The van der Waals surface area contributed by atoms with Gasteiger partial charge < -0.3 is 9.84 Å². The summed E-state index contributed by atoms with van der Waals surface area (Å²) in [6.07, 6.45) is 1.29. The molecule has 0 bridgehead atoms. The Bertz CT molecular complexity index is 784. The van der Waals surface area contributed by atoms with Gasteiger partial charge >= 0.3 is 5.97 Å². The smallest absolute Gasteiger partial charge is 0.341 e. The maximum absolute atomic E-state index is 11.4. The summed E-state index contributed by atoms with van der Waals surface area (Å²) in [5.41, 5.74) is -0.391. The molecule has 0 unspecified atom stereocenters. The van der Waals surface area contributed by atoms with Crippen molar-refractivity contribution < 1.29 is 27.6 Å². The first-order chi connectivity index (χ1) is 9.36. The van der Waals surface area contributed by atoms with Gasteiger partial charge in [0.1, 0.15) is 10.5 Å². The van der Waals surface area contributed by atoms with E-state index in [0.29, 0.717) is 0 Å². The molecule has 7 nitrogen and oxygen atoms in total. The number of ether oxygens (including phenoxy) is 1. The zero-order chi connectivity index (χ0) is 14.9. The van der Waals surface area contributed by atoms with Crippen LogP contribution in [0.2, 0.25) is 0 Å². The van der Waals surface area contributed by atoms with Gasteiger partial charge in [-0.2, -0.15) is 8.42 Å². The largest absolute Gasteiger partial charge is 0.477 e. The van der Waals surface area contributed by atoms with Gasteiger partial charge in [0.2, 0.25) is 5.88 Å². The lowest BCUT2D eigenvalue weighted by molar-refractivity contribution is 0.0693. The van der Waals surface area contributed by atoms with Crippen LogP contribution >= 0.6 is 0 Å². The summed E-state index contributed by atoms with van der Waals surface area (Å²) >= 11 is 0. The Morgan fingerprint density at radius 1 is 1.40 bits per heavy atom. The fourth-order valence-corrected chi connectivity index (χ4v) is 2.61. The summed E-state index contributed by atoms with van der Waals surface area (Å²) in [7, 11) is -4.56. The molecule has 8 heteroatoms. The van der Waals surface area contributed by atoms with E-state index in [0.717, 1.165) is 6.07 Å². The predicted octanol–water partition coefficient (Wildman–Crippen LogP) is 1.58. The van der Waals surface area contributed by atoms with Crippen LogP contribution in [0.3, 0.4) is 0 Å². The summed E-state index contributed by atoms with van der Waals surface area (Å²) in [5, 5.41) is 9.44. The van der Waals surface area contributed by atoms with Gasteiger partial charge in [-0.1, -0.05) is 12.1 Å². The first-order valence-corrected chi connectivity index (χ1v) is 7.05. The lowest BCUT2D eigenvalue weighted by atomic mass is 10.1. The Balaban J connectivity index is 2.98. The van der Waals surface area contributed by atoms with Crippen LogP contribution in [0.15, 0.2) is 29.3 Å². The molecule has 0 amide bonds. The maximum Gasteiger partial charge on any atom is 0.341 e. The summed E-state index contributed by atoms with van der Waals surface area (Å²) in [5.74, 6) is -1.58. The van der Waals surface area contributed by atoms with Crippen molar-refractivity contribution in [2.75, 3.05) is 6.61 Å². The highest BCUT2D eigenvalue weighted by atomic mass is 32.2. The number of benzene rings is 1. The topological polar surface area (TPSA) is 114 Å². The molecule has 0 spiro atoms. The molecule has 1 aromatic heterocycles. The van der Waals surface area contributed by atoms with E-state index in [1.165, 1.54) is 18.3 Å². The minimum atomic E-state index is -4.56. The van der Waals surface area contributed by atoms with Crippen LogP contribution in [-0.4, -0.2) is 35.6 Å². The normalized spacial score (nSPS) is 11.5. The number of carbonyl (C=O) groups is 1. The van der Waals surface area contributed by atoms with Crippen molar-refractivity contribution in [1.29, 1.82) is 0 Å². The van der Waals surface area contributed by atoms with Crippen molar-refractivity contribution in [2.24, 2.45) is 0 Å². The number of pyridine rings is 1. The number of nitrogens with zero attached hydrogens (tertiary/aromatic N) is 1. The second kappa shape index (κ2) is 5.06. The summed E-state index contributed by atoms with van der Waals surface area (Å²) < 4.78 is 37.1. The fourth-order valence-electron chi connectivity index (χ4n) is 1.88. The van der Waals surface area contributed by atoms with Gasteiger partial charge in [-0.25, -0.2) is 9.78 Å². The van der Waals surface area contributed by atoms with E-state index in [2.05, 4.69) is 4.98 Å². The molecule has 0 aliphatic carbocycles. The molecule has 2 aromatic rings. The van der Waals surface area contributed by atoms with Gasteiger partial charge in [-0.3, -0.25) is 4.55 Å². The molecule has 20 heavy (non-hydrogen) atoms. The van der Waals surface area contributed by atoms with Crippen LogP contribution in [0, 0.1) is 0 Å². The van der Waals surface area contributed by atoms with E-state index in [-0.39, 0.29) is 23.3 Å². The Morgan fingerprint density at radius 3 is 2.65 bits per heavy atom. The molecule has 0 fully saturated rings. The molecule has 0 radical (unpaired) electrons. The molecule has 0 atom stereocenters. The van der Waals surface area contributed by atoms with Crippen LogP contribution in [0.4, 0.5) is 0 Å². The molecule has 2 N–H and O–H groups in total. The monoisotopic (exact) mass is 297 g/mol. The number of rotatable bonds is 4. The molecule has 2 rings (SSSR count). The minimum Gasteiger partial charge on any atom is -0.477 e. The number of hydrogen-bond donors (Lipinski definition) is 2. The van der Waals surface area contributed by atoms with Gasteiger partial charge in [0, 0.05) is 17.0 Å². The van der Waals surface area contributed by atoms with Crippen molar-refractivity contribution in [3.63, 3.8) is 0 Å².